The van der Waals surface area contributed by atoms with Crippen LogP contribution in [0.1, 0.15) is 46.5 Å². The summed E-state index contributed by atoms with van der Waals surface area (Å²) in [5.74, 6) is -2.52. The number of allylic oxidation sites excluding steroid dienone is 4. The number of halogens is 1. The molecule has 5 nitrogen and oxygen atoms in total. The van der Waals surface area contributed by atoms with Crippen LogP contribution in [-0.4, -0.2) is 45.4 Å². The van der Waals surface area contributed by atoms with Crippen molar-refractivity contribution in [3.8, 4) is 0 Å². The molecule has 0 unspecified atom stereocenters. The topological polar surface area (TPSA) is 91.7 Å². The van der Waals surface area contributed by atoms with E-state index in [0.717, 1.165) is 0 Å². The number of Topliss-reactive ketones (excluding diaryl/α,β-unsaturated/α-hetero) is 1. The molecule has 3 fully saturated rings. The lowest BCUT2D eigenvalue weighted by Crippen LogP contribution is -2.69. The lowest BCUT2D eigenvalue weighted by Gasteiger charge is -2.62. The van der Waals surface area contributed by atoms with Gasteiger partial charge in [0.25, 0.3) is 0 Å². The van der Waals surface area contributed by atoms with Crippen molar-refractivity contribution < 1.29 is 29.0 Å². The van der Waals surface area contributed by atoms with Crippen molar-refractivity contribution in [1.82, 2.24) is 0 Å². The van der Waals surface area contributed by atoms with E-state index in [1.807, 2.05) is 0 Å². The average Bonchev–Trinajstić information content (AvgIpc) is 2.84. The first kappa shape index (κ1) is 19.6. The minimum absolute atomic E-state index is 0.115. The summed E-state index contributed by atoms with van der Waals surface area (Å²) in [7, 11) is 0. The zero-order valence-corrected chi connectivity index (χ0v) is 16.4. The van der Waals surface area contributed by atoms with Crippen LogP contribution in [0.15, 0.2) is 23.8 Å². The number of rotatable bonds is 2. The molecule has 0 aromatic heterocycles. The normalized spacial score (nSPS) is 52.4. The van der Waals surface area contributed by atoms with Gasteiger partial charge in [0.2, 0.25) is 5.78 Å². The predicted molar refractivity (Wildman–Crippen MR) is 98.9 cm³/mol. The van der Waals surface area contributed by atoms with Crippen molar-refractivity contribution in [2.75, 3.05) is 0 Å². The van der Waals surface area contributed by atoms with Crippen LogP contribution in [0.5, 0.6) is 0 Å². The van der Waals surface area contributed by atoms with Gasteiger partial charge in [0.15, 0.2) is 17.7 Å². The van der Waals surface area contributed by atoms with E-state index >= 15 is 4.39 Å². The van der Waals surface area contributed by atoms with Crippen LogP contribution < -0.4 is 0 Å². The van der Waals surface area contributed by atoms with Gasteiger partial charge in [0.1, 0.15) is 5.60 Å². The van der Waals surface area contributed by atoms with Gasteiger partial charge in [-0.25, -0.2) is 4.39 Å². The second-order valence-electron chi connectivity index (χ2n) is 9.65. The van der Waals surface area contributed by atoms with Gasteiger partial charge in [0.05, 0.1) is 6.10 Å². The molecule has 0 radical (unpaired) electrons. The average molecular weight is 390 g/mol. The third-order valence-electron chi connectivity index (χ3n) is 8.71. The number of carbonyl (C=O) groups is 3. The molecule has 8 atom stereocenters. The molecule has 6 heteroatoms. The van der Waals surface area contributed by atoms with E-state index in [2.05, 4.69) is 0 Å². The fourth-order valence-electron chi connectivity index (χ4n) is 7.16. The summed E-state index contributed by atoms with van der Waals surface area (Å²) in [4.78, 5) is 35.5. The van der Waals surface area contributed by atoms with E-state index in [9.17, 15) is 24.6 Å². The molecule has 0 heterocycles. The molecule has 4 rings (SSSR count). The maximum Gasteiger partial charge on any atom is 0.227 e. The maximum atomic E-state index is 16.8. The van der Waals surface area contributed by atoms with Crippen molar-refractivity contribution in [3.63, 3.8) is 0 Å². The first-order chi connectivity index (χ1) is 13.0. The molecule has 0 bridgehead atoms. The Morgan fingerprint density at radius 1 is 1.32 bits per heavy atom. The highest BCUT2D eigenvalue weighted by Gasteiger charge is 2.75. The molecule has 0 aromatic rings. The molecule has 0 saturated heterocycles. The smallest absolute Gasteiger partial charge is 0.227 e. The summed E-state index contributed by atoms with van der Waals surface area (Å²) >= 11 is 0. The number of aldehydes is 1. The van der Waals surface area contributed by atoms with Gasteiger partial charge in [-0.15, -0.1) is 0 Å². The molecule has 0 aliphatic heterocycles. The predicted octanol–water partition coefficient (Wildman–Crippen LogP) is 2.10. The van der Waals surface area contributed by atoms with E-state index in [4.69, 9.17) is 0 Å². The fourth-order valence-corrected chi connectivity index (χ4v) is 7.16. The van der Waals surface area contributed by atoms with E-state index in [1.54, 1.807) is 26.8 Å². The number of aliphatic hydroxyl groups is 2. The maximum absolute atomic E-state index is 16.8. The van der Waals surface area contributed by atoms with Gasteiger partial charge in [0, 0.05) is 16.7 Å². The van der Waals surface area contributed by atoms with Crippen LogP contribution in [-0.2, 0) is 14.4 Å². The first-order valence-corrected chi connectivity index (χ1v) is 10.00. The minimum Gasteiger partial charge on any atom is -0.390 e. The molecule has 0 spiro atoms. The van der Waals surface area contributed by atoms with Gasteiger partial charge in [-0.2, -0.15) is 0 Å². The van der Waals surface area contributed by atoms with Crippen LogP contribution in [0.4, 0.5) is 4.39 Å². The van der Waals surface area contributed by atoms with Gasteiger partial charge in [-0.1, -0.05) is 25.5 Å². The summed E-state index contributed by atoms with van der Waals surface area (Å²) < 4.78 is 16.8. The third-order valence-corrected chi connectivity index (χ3v) is 8.71. The van der Waals surface area contributed by atoms with Crippen molar-refractivity contribution in [3.05, 3.63) is 23.8 Å². The Morgan fingerprint density at radius 2 is 2.00 bits per heavy atom. The quantitative estimate of drug-likeness (QED) is 0.557. The van der Waals surface area contributed by atoms with Crippen molar-refractivity contribution in [2.45, 2.75) is 63.8 Å². The van der Waals surface area contributed by atoms with Crippen molar-refractivity contribution >= 4 is 17.9 Å². The number of fused-ring (bicyclic) bond motifs is 5. The molecule has 4 aliphatic carbocycles. The minimum atomic E-state index is -2.01. The Balaban J connectivity index is 1.85. The summed E-state index contributed by atoms with van der Waals surface area (Å²) in [6, 6.07) is 0. The Morgan fingerprint density at radius 3 is 2.64 bits per heavy atom. The molecule has 2 N–H and O–H groups in total. The standard InChI is InChI=1S/C22H27FO5/c1-12-8-16-15-5-4-13-9-14(25)6-7-19(13,2)21(15,23)17(26)10-20(16,3)22(12,28)18(27)11-24/h6-7,9,11-12,15-17,26,28H,4-5,8,10H2,1-3H3/t12-,15-,16-,17-,19-,20-,21-,22-/m0/s1. The highest BCUT2D eigenvalue weighted by atomic mass is 19.1. The van der Waals surface area contributed by atoms with Crippen LogP contribution in [0.2, 0.25) is 0 Å². The van der Waals surface area contributed by atoms with E-state index in [0.29, 0.717) is 24.8 Å². The van der Waals surface area contributed by atoms with Gasteiger partial charge in [-0.3, -0.25) is 14.4 Å². The Kier molecular flexibility index (Phi) is 4.00. The Labute approximate surface area is 163 Å². The van der Waals surface area contributed by atoms with Gasteiger partial charge < -0.3 is 10.2 Å². The van der Waals surface area contributed by atoms with Crippen LogP contribution in [0, 0.1) is 28.6 Å². The highest BCUT2D eigenvalue weighted by Crippen LogP contribution is 2.70. The molecular formula is C22H27FO5. The number of hydrogen-bond acceptors (Lipinski definition) is 5. The Bertz CT molecular complexity index is 833. The van der Waals surface area contributed by atoms with Crippen molar-refractivity contribution in [2.24, 2.45) is 28.6 Å². The van der Waals surface area contributed by atoms with Crippen molar-refractivity contribution in [1.29, 1.82) is 0 Å². The second-order valence-corrected chi connectivity index (χ2v) is 9.65. The summed E-state index contributed by atoms with van der Waals surface area (Å²) in [5, 5.41) is 22.4. The summed E-state index contributed by atoms with van der Waals surface area (Å²) in [5.41, 5.74) is -5.42. The number of alkyl halides is 1. The third kappa shape index (κ3) is 1.96. The SMILES string of the molecule is C[C@H]1C[C@H]2[C@@H]3CCC4=CC(=O)C=C[C@]4(C)[C@@]3(F)[C@@H](O)C[C@]2(C)[C@@]1(O)C(=O)C=O. The van der Waals surface area contributed by atoms with E-state index in [-0.39, 0.29) is 24.4 Å². The number of hydrogen-bond donors (Lipinski definition) is 2. The molecule has 3 saturated carbocycles. The number of ketones is 2. The molecule has 0 amide bonds. The van der Waals surface area contributed by atoms with E-state index < -0.39 is 45.8 Å². The fraction of sp³-hybridized carbons (Fsp3) is 0.682. The van der Waals surface area contributed by atoms with Crippen LogP contribution >= 0.6 is 0 Å². The summed E-state index contributed by atoms with van der Waals surface area (Å²) in [6.45, 7) is 5.15. The largest absolute Gasteiger partial charge is 0.390 e. The van der Waals surface area contributed by atoms with Crippen LogP contribution in [0.3, 0.4) is 0 Å². The summed E-state index contributed by atoms with van der Waals surface area (Å²) in [6.07, 6.45) is 4.37. The number of carbonyl (C=O) groups excluding carboxylic acids is 3. The number of aliphatic hydroxyl groups excluding tert-OH is 1. The Hall–Kier alpha value is -1.66. The van der Waals surface area contributed by atoms with E-state index in [1.165, 1.54) is 12.2 Å². The van der Waals surface area contributed by atoms with Gasteiger partial charge >= 0.3 is 0 Å². The monoisotopic (exact) mass is 390 g/mol. The first-order valence-electron chi connectivity index (χ1n) is 10.00. The lowest BCUT2D eigenvalue weighted by molar-refractivity contribution is -0.218. The molecular weight excluding hydrogens is 363 g/mol. The second kappa shape index (κ2) is 5.70. The molecule has 28 heavy (non-hydrogen) atoms. The highest BCUT2D eigenvalue weighted by molar-refractivity contribution is 6.29. The molecule has 152 valence electrons. The molecule has 0 aromatic carbocycles. The van der Waals surface area contributed by atoms with Crippen LogP contribution in [0.25, 0.3) is 0 Å². The zero-order valence-electron chi connectivity index (χ0n) is 16.4. The lowest BCUT2D eigenvalue weighted by atomic mass is 9.44. The molecule has 4 aliphatic rings. The zero-order chi connectivity index (χ0) is 20.7. The van der Waals surface area contributed by atoms with Gasteiger partial charge in [-0.05, 0) is 56.6 Å².